The second-order valence-electron chi connectivity index (χ2n) is 6.32. The molecule has 3 nitrogen and oxygen atoms in total. The van der Waals surface area contributed by atoms with E-state index in [0.29, 0.717) is 5.41 Å². The van der Waals surface area contributed by atoms with Crippen LogP contribution in [0.2, 0.25) is 0 Å². The van der Waals surface area contributed by atoms with Crippen molar-refractivity contribution in [1.82, 2.24) is 5.32 Å². The summed E-state index contributed by atoms with van der Waals surface area (Å²) in [6, 6.07) is 6.24. The Balaban J connectivity index is 0.00000161. The molecular formula is C17H25ClN2O. The molecule has 1 aromatic rings. The second kappa shape index (κ2) is 6.37. The van der Waals surface area contributed by atoms with Crippen LogP contribution in [0.25, 0.3) is 0 Å². The monoisotopic (exact) mass is 308 g/mol. The number of rotatable bonds is 3. The Bertz CT molecular complexity index is 524. The van der Waals surface area contributed by atoms with Crippen LogP contribution < -0.4 is 10.6 Å². The number of hydrogen-bond acceptors (Lipinski definition) is 2. The Morgan fingerprint density at radius 2 is 2.10 bits per heavy atom. The van der Waals surface area contributed by atoms with Crippen molar-refractivity contribution < 1.29 is 4.79 Å². The number of para-hydroxylation sites is 1. The molecule has 2 aliphatic rings. The zero-order valence-electron chi connectivity index (χ0n) is 12.9. The van der Waals surface area contributed by atoms with Crippen LogP contribution in [0.1, 0.15) is 37.3 Å². The molecule has 1 aliphatic heterocycles. The maximum atomic E-state index is 12.5. The summed E-state index contributed by atoms with van der Waals surface area (Å²) >= 11 is 0. The zero-order valence-corrected chi connectivity index (χ0v) is 13.7. The van der Waals surface area contributed by atoms with E-state index in [1.54, 1.807) is 0 Å². The number of nitrogens with one attached hydrogen (secondary N) is 2. The first-order valence-electron chi connectivity index (χ1n) is 7.76. The van der Waals surface area contributed by atoms with Crippen molar-refractivity contribution in [2.75, 3.05) is 18.4 Å². The minimum absolute atomic E-state index is 0. The number of anilines is 1. The van der Waals surface area contributed by atoms with Crippen LogP contribution in [-0.4, -0.2) is 19.0 Å². The predicted molar refractivity (Wildman–Crippen MR) is 89.1 cm³/mol. The van der Waals surface area contributed by atoms with Gasteiger partial charge in [0.25, 0.3) is 0 Å². The first-order valence-corrected chi connectivity index (χ1v) is 7.76. The van der Waals surface area contributed by atoms with E-state index in [2.05, 4.69) is 42.7 Å². The van der Waals surface area contributed by atoms with Gasteiger partial charge >= 0.3 is 0 Å². The number of hydrogen-bond donors (Lipinski definition) is 2. The molecule has 1 saturated heterocycles. The molecule has 1 amide bonds. The van der Waals surface area contributed by atoms with E-state index in [0.717, 1.165) is 50.0 Å². The predicted octanol–water partition coefficient (Wildman–Crippen LogP) is 3.31. The summed E-state index contributed by atoms with van der Waals surface area (Å²) in [5, 5.41) is 6.59. The Kier molecular flexibility index (Phi) is 4.95. The van der Waals surface area contributed by atoms with Crippen molar-refractivity contribution in [3.63, 3.8) is 0 Å². The molecule has 1 aromatic carbocycles. The maximum absolute atomic E-state index is 12.5. The largest absolute Gasteiger partial charge is 0.325 e. The van der Waals surface area contributed by atoms with Gasteiger partial charge in [-0.1, -0.05) is 25.1 Å². The molecule has 2 fully saturated rings. The molecule has 1 atom stereocenters. The van der Waals surface area contributed by atoms with E-state index in [4.69, 9.17) is 0 Å². The summed E-state index contributed by atoms with van der Waals surface area (Å²) in [6.07, 6.45) is 4.34. The lowest BCUT2D eigenvalue weighted by molar-refractivity contribution is -0.118. The van der Waals surface area contributed by atoms with Crippen molar-refractivity contribution in [2.45, 2.75) is 39.5 Å². The highest BCUT2D eigenvalue weighted by Crippen LogP contribution is 2.58. The van der Waals surface area contributed by atoms with E-state index in [1.807, 2.05) is 0 Å². The van der Waals surface area contributed by atoms with Crippen molar-refractivity contribution in [1.29, 1.82) is 0 Å². The summed E-state index contributed by atoms with van der Waals surface area (Å²) in [6.45, 7) is 6.33. The molecule has 0 bridgehead atoms. The number of halogens is 1. The first kappa shape index (κ1) is 16.3. The Morgan fingerprint density at radius 1 is 1.38 bits per heavy atom. The molecule has 1 heterocycles. The molecule has 1 unspecified atom stereocenters. The fraction of sp³-hybridized carbons (Fsp3) is 0.588. The third-order valence-corrected chi connectivity index (χ3v) is 5.09. The van der Waals surface area contributed by atoms with E-state index >= 15 is 0 Å². The third kappa shape index (κ3) is 3.09. The Labute approximate surface area is 133 Å². The number of aryl methyl sites for hydroxylation is 2. The van der Waals surface area contributed by atoms with Crippen molar-refractivity contribution in [3.8, 4) is 0 Å². The second-order valence-corrected chi connectivity index (χ2v) is 6.32. The molecule has 3 rings (SSSR count). The molecule has 0 aromatic heterocycles. The minimum Gasteiger partial charge on any atom is -0.325 e. The summed E-state index contributed by atoms with van der Waals surface area (Å²) in [5.41, 5.74) is 3.75. The van der Waals surface area contributed by atoms with Crippen molar-refractivity contribution in [3.05, 3.63) is 29.3 Å². The summed E-state index contributed by atoms with van der Waals surface area (Å²) in [4.78, 5) is 12.5. The Hall–Kier alpha value is -1.06. The molecule has 1 spiro atoms. The third-order valence-electron chi connectivity index (χ3n) is 5.09. The normalized spacial score (nSPS) is 22.5. The summed E-state index contributed by atoms with van der Waals surface area (Å²) in [5.74, 6) is 0.463. The zero-order chi connectivity index (χ0) is 14.2. The number of amides is 1. The van der Waals surface area contributed by atoms with Gasteiger partial charge in [-0.15, -0.1) is 12.4 Å². The molecule has 4 heteroatoms. The van der Waals surface area contributed by atoms with Crippen LogP contribution in [0.15, 0.2) is 18.2 Å². The van der Waals surface area contributed by atoms with Crippen LogP contribution in [0.5, 0.6) is 0 Å². The molecule has 1 aliphatic carbocycles. The van der Waals surface area contributed by atoms with E-state index in [-0.39, 0.29) is 24.2 Å². The van der Waals surface area contributed by atoms with Crippen molar-refractivity contribution >= 4 is 24.0 Å². The van der Waals surface area contributed by atoms with E-state index in [9.17, 15) is 4.79 Å². The molecule has 21 heavy (non-hydrogen) atoms. The topological polar surface area (TPSA) is 41.1 Å². The van der Waals surface area contributed by atoms with Gasteiger partial charge in [0.2, 0.25) is 5.91 Å². The van der Waals surface area contributed by atoms with Gasteiger partial charge in [0, 0.05) is 11.6 Å². The van der Waals surface area contributed by atoms with Crippen LogP contribution >= 0.6 is 12.4 Å². The fourth-order valence-corrected chi connectivity index (χ4v) is 3.61. The highest BCUT2D eigenvalue weighted by atomic mass is 35.5. The number of carbonyl (C=O) groups is 1. The van der Waals surface area contributed by atoms with Gasteiger partial charge in [-0.25, -0.2) is 0 Å². The summed E-state index contributed by atoms with van der Waals surface area (Å²) in [7, 11) is 0. The number of carbonyl (C=O) groups excluding carboxylic acids is 1. The fourth-order valence-electron chi connectivity index (χ4n) is 3.61. The van der Waals surface area contributed by atoms with Gasteiger partial charge in [-0.3, -0.25) is 4.79 Å². The maximum Gasteiger partial charge on any atom is 0.228 e. The highest BCUT2D eigenvalue weighted by Gasteiger charge is 2.57. The molecule has 0 radical (unpaired) electrons. The number of piperidine rings is 1. The first-order chi connectivity index (χ1) is 9.66. The van der Waals surface area contributed by atoms with E-state index in [1.165, 1.54) is 5.56 Å². The van der Waals surface area contributed by atoms with Crippen LogP contribution in [0.4, 0.5) is 5.69 Å². The van der Waals surface area contributed by atoms with Gasteiger partial charge in [0.15, 0.2) is 0 Å². The van der Waals surface area contributed by atoms with Crippen LogP contribution in [-0.2, 0) is 11.2 Å². The summed E-state index contributed by atoms with van der Waals surface area (Å²) < 4.78 is 0. The van der Waals surface area contributed by atoms with Gasteiger partial charge in [-0.2, -0.15) is 0 Å². The lowest BCUT2D eigenvalue weighted by atomic mass is 9.91. The number of benzene rings is 1. The average molecular weight is 309 g/mol. The molecule has 2 N–H and O–H groups in total. The SMILES string of the molecule is CCc1cccc(C)c1NC(=O)C1CC12CCNCC2.Cl. The lowest BCUT2D eigenvalue weighted by Crippen LogP contribution is -2.31. The smallest absolute Gasteiger partial charge is 0.228 e. The molecule has 1 saturated carbocycles. The van der Waals surface area contributed by atoms with Gasteiger partial charge in [0.1, 0.15) is 0 Å². The lowest BCUT2D eigenvalue weighted by Gasteiger charge is -2.23. The highest BCUT2D eigenvalue weighted by molar-refractivity contribution is 5.96. The standard InChI is InChI=1S/C17H24N2O.ClH/c1-3-13-6-4-5-12(2)15(13)19-16(20)14-11-17(14)7-9-18-10-8-17;/h4-6,14,18H,3,7-11H2,1-2H3,(H,19,20);1H. The molecular weight excluding hydrogens is 284 g/mol. The van der Waals surface area contributed by atoms with E-state index < -0.39 is 0 Å². The van der Waals surface area contributed by atoms with Crippen LogP contribution in [0, 0.1) is 18.3 Å². The Morgan fingerprint density at radius 3 is 2.76 bits per heavy atom. The average Bonchev–Trinajstić information content (AvgIpc) is 3.15. The van der Waals surface area contributed by atoms with Crippen LogP contribution in [0.3, 0.4) is 0 Å². The minimum atomic E-state index is 0. The quantitative estimate of drug-likeness (QED) is 0.899. The van der Waals surface area contributed by atoms with Gasteiger partial charge in [-0.05, 0) is 62.2 Å². The van der Waals surface area contributed by atoms with Crippen molar-refractivity contribution in [2.24, 2.45) is 11.3 Å². The van der Waals surface area contributed by atoms with Gasteiger partial charge < -0.3 is 10.6 Å². The van der Waals surface area contributed by atoms with Gasteiger partial charge in [0.05, 0.1) is 0 Å². The molecule has 116 valence electrons.